The van der Waals surface area contributed by atoms with Crippen LogP contribution >= 0.6 is 39.1 Å². The molecule has 0 atom stereocenters. The molecule has 0 N–H and O–H groups in total. The third-order valence-electron chi connectivity index (χ3n) is 2.17. The molecular formula is C10H3BrCl2F3N. The molecule has 1 aromatic heterocycles. The molecule has 0 amide bonds. The molecule has 1 aromatic carbocycles. The van der Waals surface area contributed by atoms with Crippen LogP contribution < -0.4 is 0 Å². The minimum Gasteiger partial charge on any atom is -0.224 e. The maximum absolute atomic E-state index is 12.8. The number of nitrogens with zero attached hydrogens (tertiary/aromatic N) is 1. The number of hydrogen-bond acceptors (Lipinski definition) is 1. The fourth-order valence-electron chi connectivity index (χ4n) is 1.49. The van der Waals surface area contributed by atoms with Crippen LogP contribution in [0.3, 0.4) is 0 Å². The summed E-state index contributed by atoms with van der Waals surface area (Å²) in [5.74, 6) is 0. The summed E-state index contributed by atoms with van der Waals surface area (Å²) < 4.78 is 38.9. The van der Waals surface area contributed by atoms with E-state index in [-0.39, 0.29) is 21.1 Å². The number of benzene rings is 1. The van der Waals surface area contributed by atoms with Crippen molar-refractivity contribution in [2.75, 3.05) is 0 Å². The van der Waals surface area contributed by atoms with Crippen molar-refractivity contribution < 1.29 is 13.2 Å². The first-order valence-electron chi connectivity index (χ1n) is 4.32. The van der Waals surface area contributed by atoms with Crippen LogP contribution in [0.4, 0.5) is 13.2 Å². The molecule has 0 saturated carbocycles. The van der Waals surface area contributed by atoms with Gasteiger partial charge in [0.2, 0.25) is 0 Å². The van der Waals surface area contributed by atoms with Crippen LogP contribution in [0.15, 0.2) is 22.7 Å². The van der Waals surface area contributed by atoms with E-state index in [1.165, 1.54) is 12.1 Å². The molecular weight excluding hydrogens is 342 g/mol. The van der Waals surface area contributed by atoms with Gasteiger partial charge in [-0.05, 0) is 18.2 Å². The smallest absolute Gasteiger partial charge is 0.224 e. The van der Waals surface area contributed by atoms with Crippen LogP contribution in [-0.4, -0.2) is 4.98 Å². The van der Waals surface area contributed by atoms with E-state index < -0.39 is 11.7 Å². The molecule has 0 fully saturated rings. The Hall–Kier alpha value is -0.520. The number of hydrogen-bond donors (Lipinski definition) is 0. The van der Waals surface area contributed by atoms with E-state index in [1.54, 1.807) is 0 Å². The zero-order chi connectivity index (χ0) is 12.8. The van der Waals surface area contributed by atoms with E-state index in [0.717, 1.165) is 6.07 Å². The molecule has 0 aliphatic rings. The molecule has 7 heteroatoms. The van der Waals surface area contributed by atoms with Crippen LogP contribution in [0.2, 0.25) is 10.3 Å². The van der Waals surface area contributed by atoms with Crippen LogP contribution in [0.5, 0.6) is 0 Å². The predicted molar refractivity (Wildman–Crippen MR) is 64.5 cm³/mol. The molecule has 0 unspecified atom stereocenters. The molecule has 0 aliphatic heterocycles. The standard InChI is InChI=1S/C10H3BrCl2F3N/c11-6-2-1-5(10(14,15)16)8-4(6)3-7(12)17-9(8)13/h1-3H. The average molecular weight is 345 g/mol. The maximum Gasteiger partial charge on any atom is 0.417 e. The van der Waals surface area contributed by atoms with Crippen LogP contribution in [-0.2, 0) is 6.18 Å². The number of fused-ring (bicyclic) bond motifs is 1. The predicted octanol–water partition coefficient (Wildman–Crippen LogP) is 5.32. The molecule has 0 aliphatic carbocycles. The topological polar surface area (TPSA) is 12.9 Å². The van der Waals surface area contributed by atoms with Gasteiger partial charge in [-0.15, -0.1) is 0 Å². The van der Waals surface area contributed by atoms with Crippen molar-refractivity contribution in [1.82, 2.24) is 4.98 Å². The number of alkyl halides is 3. The van der Waals surface area contributed by atoms with Crippen LogP contribution in [0.25, 0.3) is 10.8 Å². The Morgan fingerprint density at radius 2 is 1.82 bits per heavy atom. The number of aromatic nitrogens is 1. The molecule has 0 radical (unpaired) electrons. The van der Waals surface area contributed by atoms with E-state index in [9.17, 15) is 13.2 Å². The Balaban J connectivity index is 2.95. The van der Waals surface area contributed by atoms with E-state index in [1.807, 2.05) is 0 Å². The monoisotopic (exact) mass is 343 g/mol. The molecule has 0 bridgehead atoms. The van der Waals surface area contributed by atoms with Gasteiger partial charge in [-0.25, -0.2) is 4.98 Å². The third-order valence-corrected chi connectivity index (χ3v) is 3.33. The number of halogens is 6. The molecule has 0 spiro atoms. The summed E-state index contributed by atoms with van der Waals surface area (Å²) in [4.78, 5) is 3.63. The summed E-state index contributed by atoms with van der Waals surface area (Å²) >= 11 is 14.5. The normalized spacial score (nSPS) is 12.1. The summed E-state index contributed by atoms with van der Waals surface area (Å²) in [5, 5.41) is -0.0913. The third kappa shape index (κ3) is 2.37. The Kier molecular flexibility index (Phi) is 3.27. The van der Waals surface area contributed by atoms with E-state index in [0.29, 0.717) is 4.47 Å². The maximum atomic E-state index is 12.8. The first-order valence-corrected chi connectivity index (χ1v) is 5.87. The lowest BCUT2D eigenvalue weighted by Crippen LogP contribution is -2.06. The molecule has 2 rings (SSSR count). The highest BCUT2D eigenvalue weighted by molar-refractivity contribution is 9.10. The van der Waals surface area contributed by atoms with Gasteiger partial charge in [0.25, 0.3) is 0 Å². The molecule has 0 saturated heterocycles. The molecule has 1 nitrogen and oxygen atoms in total. The lowest BCUT2D eigenvalue weighted by molar-refractivity contribution is -0.136. The first-order chi connectivity index (χ1) is 7.80. The average Bonchev–Trinajstić information content (AvgIpc) is 2.17. The van der Waals surface area contributed by atoms with Crippen molar-refractivity contribution in [2.24, 2.45) is 0 Å². The fourth-order valence-corrected chi connectivity index (χ4v) is 2.47. The summed E-state index contributed by atoms with van der Waals surface area (Å²) in [7, 11) is 0. The van der Waals surface area contributed by atoms with E-state index >= 15 is 0 Å². The van der Waals surface area contributed by atoms with Crippen molar-refractivity contribution in [3.63, 3.8) is 0 Å². The number of rotatable bonds is 0. The minimum atomic E-state index is -4.49. The van der Waals surface area contributed by atoms with Crippen LogP contribution in [0.1, 0.15) is 5.56 Å². The summed E-state index contributed by atoms with van der Waals surface area (Å²) in [6, 6.07) is 3.59. The molecule has 90 valence electrons. The van der Waals surface area contributed by atoms with E-state index in [4.69, 9.17) is 23.2 Å². The van der Waals surface area contributed by atoms with Gasteiger partial charge in [0, 0.05) is 15.2 Å². The zero-order valence-electron chi connectivity index (χ0n) is 7.95. The Labute approximate surface area is 113 Å². The van der Waals surface area contributed by atoms with Crippen molar-refractivity contribution in [1.29, 1.82) is 0 Å². The van der Waals surface area contributed by atoms with Crippen molar-refractivity contribution in [3.8, 4) is 0 Å². The highest BCUT2D eigenvalue weighted by Crippen LogP contribution is 2.40. The molecule has 1 heterocycles. The molecule has 17 heavy (non-hydrogen) atoms. The Morgan fingerprint density at radius 3 is 2.41 bits per heavy atom. The van der Waals surface area contributed by atoms with Crippen LogP contribution in [0, 0.1) is 0 Å². The van der Waals surface area contributed by atoms with Crippen molar-refractivity contribution >= 4 is 49.9 Å². The van der Waals surface area contributed by atoms with Gasteiger partial charge in [-0.1, -0.05) is 39.1 Å². The second-order valence-electron chi connectivity index (χ2n) is 3.25. The van der Waals surface area contributed by atoms with Gasteiger partial charge in [0.05, 0.1) is 5.56 Å². The van der Waals surface area contributed by atoms with Gasteiger partial charge in [-0.2, -0.15) is 13.2 Å². The Bertz CT molecular complexity index is 598. The highest BCUT2D eigenvalue weighted by atomic mass is 79.9. The van der Waals surface area contributed by atoms with Gasteiger partial charge in [-0.3, -0.25) is 0 Å². The van der Waals surface area contributed by atoms with Gasteiger partial charge in [0.1, 0.15) is 10.3 Å². The lowest BCUT2D eigenvalue weighted by atomic mass is 10.1. The van der Waals surface area contributed by atoms with Gasteiger partial charge < -0.3 is 0 Å². The quantitative estimate of drug-likeness (QED) is 0.589. The second-order valence-corrected chi connectivity index (χ2v) is 4.85. The first kappa shape index (κ1) is 12.9. The molecule has 2 aromatic rings. The summed E-state index contributed by atoms with van der Waals surface area (Å²) in [6.07, 6.45) is -4.49. The van der Waals surface area contributed by atoms with E-state index in [2.05, 4.69) is 20.9 Å². The number of pyridine rings is 1. The Morgan fingerprint density at radius 1 is 1.18 bits per heavy atom. The van der Waals surface area contributed by atoms with Crippen molar-refractivity contribution in [2.45, 2.75) is 6.18 Å². The summed E-state index contributed by atoms with van der Waals surface area (Å²) in [5.41, 5.74) is -0.829. The largest absolute Gasteiger partial charge is 0.417 e. The van der Waals surface area contributed by atoms with Crippen molar-refractivity contribution in [3.05, 3.63) is 38.5 Å². The van der Waals surface area contributed by atoms with Gasteiger partial charge >= 0.3 is 6.18 Å². The summed E-state index contributed by atoms with van der Waals surface area (Å²) in [6.45, 7) is 0. The fraction of sp³-hybridized carbons (Fsp3) is 0.100. The second kappa shape index (κ2) is 4.30. The zero-order valence-corrected chi connectivity index (χ0v) is 11.0. The lowest BCUT2D eigenvalue weighted by Gasteiger charge is -2.12. The van der Waals surface area contributed by atoms with Gasteiger partial charge in [0.15, 0.2) is 0 Å². The highest BCUT2D eigenvalue weighted by Gasteiger charge is 2.34. The SMILES string of the molecule is FC(F)(F)c1ccc(Br)c2cc(Cl)nc(Cl)c12. The minimum absolute atomic E-state index is 0.0440.